The van der Waals surface area contributed by atoms with Crippen LogP contribution in [-0.2, 0) is 0 Å². The van der Waals surface area contributed by atoms with E-state index < -0.39 is 0 Å². The van der Waals surface area contributed by atoms with Gasteiger partial charge in [0.05, 0.1) is 0 Å². The molecule has 1 aromatic rings. The van der Waals surface area contributed by atoms with Gasteiger partial charge in [0.25, 0.3) is 0 Å². The summed E-state index contributed by atoms with van der Waals surface area (Å²) in [5, 5.41) is 0. The molecule has 0 heterocycles. The molecule has 2 N–H and O–H groups in total. The van der Waals surface area contributed by atoms with Crippen LogP contribution < -0.4 is 10.6 Å². The molecule has 0 fully saturated rings. The lowest BCUT2D eigenvalue weighted by Gasteiger charge is -2.37. The van der Waals surface area contributed by atoms with Crippen LogP contribution in [0, 0.1) is 0 Å². The third kappa shape index (κ3) is 3.61. The van der Waals surface area contributed by atoms with Crippen molar-refractivity contribution in [3.63, 3.8) is 0 Å². The fourth-order valence-electron chi connectivity index (χ4n) is 2.03. The molecule has 2 heteroatoms. The van der Waals surface area contributed by atoms with E-state index in [4.69, 9.17) is 5.73 Å². The van der Waals surface area contributed by atoms with Gasteiger partial charge in [0, 0.05) is 23.8 Å². The lowest BCUT2D eigenvalue weighted by molar-refractivity contribution is 0.522. The van der Waals surface area contributed by atoms with E-state index in [1.807, 2.05) is 6.08 Å². The van der Waals surface area contributed by atoms with Gasteiger partial charge in [-0.2, -0.15) is 0 Å². The molecule has 0 saturated carbocycles. The van der Waals surface area contributed by atoms with E-state index >= 15 is 0 Å². The lowest BCUT2D eigenvalue weighted by atomic mass is 10.0. The molecule has 0 unspecified atom stereocenters. The maximum Gasteiger partial charge on any atom is 0.0373 e. The van der Waals surface area contributed by atoms with Crippen molar-refractivity contribution in [2.45, 2.75) is 45.7 Å². The zero-order valence-corrected chi connectivity index (χ0v) is 12.1. The van der Waals surface area contributed by atoms with Gasteiger partial charge < -0.3 is 10.6 Å². The van der Waals surface area contributed by atoms with Crippen molar-refractivity contribution in [1.82, 2.24) is 0 Å². The monoisotopic (exact) mass is 246 g/mol. The first-order valence-electron chi connectivity index (χ1n) is 6.64. The van der Waals surface area contributed by atoms with Crippen molar-refractivity contribution in [3.05, 3.63) is 42.5 Å². The molecular formula is C16H26N2. The fraction of sp³-hybridized carbons (Fsp3) is 0.500. The van der Waals surface area contributed by atoms with E-state index in [0.717, 1.165) is 13.0 Å². The molecule has 0 saturated heterocycles. The molecular weight excluding hydrogens is 220 g/mol. The van der Waals surface area contributed by atoms with E-state index in [1.165, 1.54) is 11.3 Å². The second-order valence-corrected chi connectivity index (χ2v) is 5.68. The molecule has 100 valence electrons. The third-order valence-electron chi connectivity index (χ3n) is 3.19. The number of hydrogen-bond donors (Lipinski definition) is 1. The molecule has 0 aliphatic heterocycles. The molecule has 0 aliphatic rings. The van der Waals surface area contributed by atoms with E-state index in [0.29, 0.717) is 0 Å². The van der Waals surface area contributed by atoms with Crippen molar-refractivity contribution < 1.29 is 0 Å². The maximum absolute atomic E-state index is 6.04. The van der Waals surface area contributed by atoms with Crippen molar-refractivity contribution in [1.29, 1.82) is 0 Å². The number of hydrogen-bond acceptors (Lipinski definition) is 2. The molecule has 1 aromatic carbocycles. The average molecular weight is 246 g/mol. The smallest absolute Gasteiger partial charge is 0.0373 e. The summed E-state index contributed by atoms with van der Waals surface area (Å²) in [5.74, 6) is 0. The van der Waals surface area contributed by atoms with Gasteiger partial charge in [0.15, 0.2) is 0 Å². The molecule has 0 radical (unpaired) electrons. The standard InChI is InChI=1S/C16H26N2/c1-6-12-18(16(3,4)5)14-10-8-13(9-11-14)15(17)7-2/h6,8-11,15H,1,7,12,17H2,2-5H3/t15-/m0/s1. The highest BCUT2D eigenvalue weighted by Crippen LogP contribution is 2.25. The largest absolute Gasteiger partial charge is 0.363 e. The van der Waals surface area contributed by atoms with Gasteiger partial charge in [-0.1, -0.05) is 25.1 Å². The number of nitrogens with zero attached hydrogens (tertiary/aromatic N) is 1. The second-order valence-electron chi connectivity index (χ2n) is 5.68. The Bertz CT molecular complexity index is 373. The Kier molecular flexibility index (Phi) is 4.97. The molecule has 0 aromatic heterocycles. The molecule has 1 atom stereocenters. The zero-order valence-electron chi connectivity index (χ0n) is 12.1. The molecule has 2 nitrogen and oxygen atoms in total. The summed E-state index contributed by atoms with van der Waals surface area (Å²) >= 11 is 0. The first kappa shape index (κ1) is 14.8. The van der Waals surface area contributed by atoms with Gasteiger partial charge >= 0.3 is 0 Å². The number of rotatable bonds is 5. The van der Waals surface area contributed by atoms with Gasteiger partial charge in [-0.25, -0.2) is 0 Å². The predicted octanol–water partition coefficient (Wildman–Crippen LogP) is 3.89. The van der Waals surface area contributed by atoms with E-state index in [1.54, 1.807) is 0 Å². The van der Waals surface area contributed by atoms with Crippen LogP contribution in [0.15, 0.2) is 36.9 Å². The van der Waals surface area contributed by atoms with Crippen LogP contribution in [0.1, 0.15) is 45.7 Å². The van der Waals surface area contributed by atoms with E-state index in [2.05, 4.69) is 63.4 Å². The summed E-state index contributed by atoms with van der Waals surface area (Å²) in [5.41, 5.74) is 8.54. The number of nitrogens with two attached hydrogens (primary N) is 1. The first-order valence-corrected chi connectivity index (χ1v) is 6.64. The number of benzene rings is 1. The summed E-state index contributed by atoms with van der Waals surface area (Å²) in [7, 11) is 0. The Hall–Kier alpha value is -1.28. The van der Waals surface area contributed by atoms with Crippen LogP contribution in [0.25, 0.3) is 0 Å². The van der Waals surface area contributed by atoms with Crippen molar-refractivity contribution >= 4 is 5.69 Å². The Morgan fingerprint density at radius 2 is 1.83 bits per heavy atom. The third-order valence-corrected chi connectivity index (χ3v) is 3.19. The first-order chi connectivity index (χ1) is 8.40. The van der Waals surface area contributed by atoms with Gasteiger partial charge in [0.1, 0.15) is 0 Å². The lowest BCUT2D eigenvalue weighted by Crippen LogP contribution is -2.41. The zero-order chi connectivity index (χ0) is 13.8. The van der Waals surface area contributed by atoms with E-state index in [-0.39, 0.29) is 11.6 Å². The van der Waals surface area contributed by atoms with Gasteiger partial charge in [-0.05, 0) is 44.9 Å². The Morgan fingerprint density at radius 1 is 1.28 bits per heavy atom. The van der Waals surface area contributed by atoms with Gasteiger partial charge in [0.2, 0.25) is 0 Å². The topological polar surface area (TPSA) is 29.3 Å². The average Bonchev–Trinajstić information content (AvgIpc) is 2.34. The summed E-state index contributed by atoms with van der Waals surface area (Å²) in [4.78, 5) is 2.33. The molecule has 18 heavy (non-hydrogen) atoms. The summed E-state index contributed by atoms with van der Waals surface area (Å²) in [6.45, 7) is 13.4. The van der Waals surface area contributed by atoms with Crippen LogP contribution in [0.4, 0.5) is 5.69 Å². The van der Waals surface area contributed by atoms with Crippen molar-refractivity contribution in [3.8, 4) is 0 Å². The Labute approximate surface area is 111 Å². The predicted molar refractivity (Wildman–Crippen MR) is 81.0 cm³/mol. The van der Waals surface area contributed by atoms with Crippen LogP contribution in [0.5, 0.6) is 0 Å². The molecule has 0 spiro atoms. The highest BCUT2D eigenvalue weighted by Gasteiger charge is 2.20. The normalized spacial score (nSPS) is 13.2. The Morgan fingerprint density at radius 3 is 2.22 bits per heavy atom. The van der Waals surface area contributed by atoms with Crippen molar-refractivity contribution in [2.75, 3.05) is 11.4 Å². The highest BCUT2D eigenvalue weighted by molar-refractivity contribution is 5.50. The summed E-state index contributed by atoms with van der Waals surface area (Å²) < 4.78 is 0. The minimum atomic E-state index is 0.0859. The molecule has 0 amide bonds. The molecule has 1 rings (SSSR count). The van der Waals surface area contributed by atoms with Crippen LogP contribution in [0.3, 0.4) is 0 Å². The second kappa shape index (κ2) is 6.05. The highest BCUT2D eigenvalue weighted by atomic mass is 15.2. The molecule has 0 bridgehead atoms. The quantitative estimate of drug-likeness (QED) is 0.799. The SMILES string of the molecule is C=CCN(c1ccc([C@@H](N)CC)cc1)C(C)(C)C. The van der Waals surface area contributed by atoms with E-state index in [9.17, 15) is 0 Å². The Balaban J connectivity index is 2.97. The maximum atomic E-state index is 6.04. The minimum absolute atomic E-state index is 0.0859. The van der Waals surface area contributed by atoms with Crippen LogP contribution in [0.2, 0.25) is 0 Å². The summed E-state index contributed by atoms with van der Waals surface area (Å²) in [6.07, 6.45) is 2.91. The fourth-order valence-corrected chi connectivity index (χ4v) is 2.03. The van der Waals surface area contributed by atoms with Crippen LogP contribution >= 0.6 is 0 Å². The van der Waals surface area contributed by atoms with Crippen LogP contribution in [-0.4, -0.2) is 12.1 Å². The number of anilines is 1. The van der Waals surface area contributed by atoms with Gasteiger partial charge in [-0.15, -0.1) is 6.58 Å². The molecule has 0 aliphatic carbocycles. The van der Waals surface area contributed by atoms with Crippen molar-refractivity contribution in [2.24, 2.45) is 5.73 Å². The summed E-state index contributed by atoms with van der Waals surface area (Å²) in [6, 6.07) is 8.71. The minimum Gasteiger partial charge on any atom is -0.363 e. The van der Waals surface area contributed by atoms with Gasteiger partial charge in [-0.3, -0.25) is 0 Å².